The van der Waals surface area contributed by atoms with Gasteiger partial charge in [0.1, 0.15) is 11.5 Å². The number of methoxy groups -OCH3 is 1. The molecule has 1 N–H and O–H groups in total. The molecule has 2 heterocycles. The van der Waals surface area contributed by atoms with Crippen molar-refractivity contribution in [1.82, 2.24) is 4.90 Å². The lowest BCUT2D eigenvalue weighted by atomic mass is 10.2. The molecule has 7 heteroatoms. The Morgan fingerprint density at radius 2 is 1.92 bits per heavy atom. The molecular weight excluding hydrogens is 331 g/mol. The quantitative estimate of drug-likeness (QED) is 0.817. The highest BCUT2D eigenvalue weighted by Crippen LogP contribution is 2.32. The normalized spacial score (nSPS) is 14.7. The van der Waals surface area contributed by atoms with E-state index in [0.717, 1.165) is 4.90 Å². The third-order valence-electron chi connectivity index (χ3n) is 3.57. The van der Waals surface area contributed by atoms with Gasteiger partial charge in [-0.3, -0.25) is 14.5 Å². The molecule has 2 aromatic rings. The molecule has 0 spiro atoms. The predicted molar refractivity (Wildman–Crippen MR) is 89.9 cm³/mol. The summed E-state index contributed by atoms with van der Waals surface area (Å²) >= 11 is 1.38. The van der Waals surface area contributed by atoms with Gasteiger partial charge >= 0.3 is 0 Å². The Morgan fingerprint density at radius 3 is 2.54 bits per heavy atom. The lowest BCUT2D eigenvalue weighted by Crippen LogP contribution is -2.35. The highest BCUT2D eigenvalue weighted by atomic mass is 32.1. The number of ether oxygens (including phenoxy) is 1. The minimum absolute atomic E-state index is 0.178. The lowest BCUT2D eigenvalue weighted by Gasteiger charge is -2.14. The molecule has 2 amide bonds. The number of nitrogens with one attached hydrogen (secondary N) is 1. The van der Waals surface area contributed by atoms with E-state index < -0.39 is 5.91 Å². The first-order valence-electron chi connectivity index (χ1n) is 7.27. The van der Waals surface area contributed by atoms with Crippen LogP contribution in [0, 0.1) is 5.82 Å². The van der Waals surface area contributed by atoms with Crippen molar-refractivity contribution in [2.75, 3.05) is 25.6 Å². The maximum Gasteiger partial charge on any atom is 0.278 e. The Balaban J connectivity index is 1.97. The molecule has 1 aromatic heterocycles. The highest BCUT2D eigenvalue weighted by Gasteiger charge is 2.39. The Hall–Kier alpha value is -2.51. The van der Waals surface area contributed by atoms with E-state index in [4.69, 9.17) is 4.74 Å². The summed E-state index contributed by atoms with van der Waals surface area (Å²) in [5.74, 6) is -1.14. The third kappa shape index (κ3) is 3.08. The van der Waals surface area contributed by atoms with E-state index in [1.165, 1.54) is 42.7 Å². The number of thiophene rings is 1. The summed E-state index contributed by atoms with van der Waals surface area (Å²) in [5, 5.41) is 4.80. The van der Waals surface area contributed by atoms with Gasteiger partial charge in [0.05, 0.1) is 18.7 Å². The first-order chi connectivity index (χ1) is 11.6. The van der Waals surface area contributed by atoms with Gasteiger partial charge in [0, 0.05) is 17.7 Å². The van der Waals surface area contributed by atoms with Crippen LogP contribution < -0.4 is 5.32 Å². The molecule has 24 heavy (non-hydrogen) atoms. The molecule has 0 saturated carbocycles. The van der Waals surface area contributed by atoms with Gasteiger partial charge in [-0.1, -0.05) is 6.07 Å². The Labute approximate surface area is 142 Å². The van der Waals surface area contributed by atoms with Crippen molar-refractivity contribution in [1.29, 1.82) is 0 Å². The van der Waals surface area contributed by atoms with Crippen LogP contribution in [0.2, 0.25) is 0 Å². The maximum atomic E-state index is 13.1. The van der Waals surface area contributed by atoms with Crippen LogP contribution in [0.5, 0.6) is 0 Å². The van der Waals surface area contributed by atoms with Crippen LogP contribution in [0.15, 0.2) is 47.5 Å². The summed E-state index contributed by atoms with van der Waals surface area (Å²) in [7, 11) is 1.51. The van der Waals surface area contributed by atoms with Crippen molar-refractivity contribution in [2.24, 2.45) is 0 Å². The number of hydrogen-bond donors (Lipinski definition) is 1. The second-order valence-corrected chi connectivity index (χ2v) is 6.06. The molecule has 1 aromatic carbocycles. The van der Waals surface area contributed by atoms with Crippen molar-refractivity contribution in [3.05, 3.63) is 58.2 Å². The van der Waals surface area contributed by atoms with E-state index in [0.29, 0.717) is 16.1 Å². The van der Waals surface area contributed by atoms with Gasteiger partial charge in [-0.05, 0) is 35.7 Å². The SMILES string of the molecule is COCCN1C(=O)C(Nc2ccc(F)cc2)=C(c2cccs2)C1=O. The number of carbonyl (C=O) groups is 2. The molecular formula is C17H15FN2O3S. The zero-order valence-electron chi connectivity index (χ0n) is 12.9. The van der Waals surface area contributed by atoms with Crippen LogP contribution >= 0.6 is 11.3 Å². The van der Waals surface area contributed by atoms with Crippen molar-refractivity contribution in [3.8, 4) is 0 Å². The number of hydrogen-bond acceptors (Lipinski definition) is 5. The van der Waals surface area contributed by atoms with Gasteiger partial charge < -0.3 is 10.1 Å². The standard InChI is InChI=1S/C17H15FN2O3S/c1-23-9-8-20-16(21)14(13-3-2-10-24-13)15(17(20)22)19-12-6-4-11(18)5-7-12/h2-7,10,19H,8-9H2,1H3. The molecule has 0 atom stereocenters. The van der Waals surface area contributed by atoms with Gasteiger partial charge in [-0.25, -0.2) is 4.39 Å². The van der Waals surface area contributed by atoms with Gasteiger partial charge in [0.25, 0.3) is 11.8 Å². The van der Waals surface area contributed by atoms with Crippen LogP contribution in [-0.4, -0.2) is 37.0 Å². The van der Waals surface area contributed by atoms with Gasteiger partial charge in [0.15, 0.2) is 0 Å². The summed E-state index contributed by atoms with van der Waals surface area (Å²) in [4.78, 5) is 27.2. The summed E-state index contributed by atoms with van der Waals surface area (Å²) in [6.07, 6.45) is 0. The van der Waals surface area contributed by atoms with Crippen molar-refractivity contribution < 1.29 is 18.7 Å². The fourth-order valence-electron chi connectivity index (χ4n) is 2.40. The number of amides is 2. The van der Waals surface area contributed by atoms with E-state index in [2.05, 4.69) is 5.32 Å². The maximum absolute atomic E-state index is 13.1. The van der Waals surface area contributed by atoms with Crippen LogP contribution in [0.4, 0.5) is 10.1 Å². The molecule has 5 nitrogen and oxygen atoms in total. The Kier molecular flexibility index (Phi) is 4.73. The lowest BCUT2D eigenvalue weighted by molar-refractivity contribution is -0.137. The predicted octanol–water partition coefficient (Wildman–Crippen LogP) is 2.73. The second kappa shape index (κ2) is 6.94. The Bertz CT molecular complexity index is 785. The van der Waals surface area contributed by atoms with Crippen LogP contribution in [-0.2, 0) is 14.3 Å². The van der Waals surface area contributed by atoms with Gasteiger partial charge in [-0.2, -0.15) is 0 Å². The average Bonchev–Trinajstić information content (AvgIpc) is 3.16. The summed E-state index contributed by atoms with van der Waals surface area (Å²) in [6, 6.07) is 9.22. The van der Waals surface area contributed by atoms with Crippen LogP contribution in [0.1, 0.15) is 4.88 Å². The van der Waals surface area contributed by atoms with Crippen molar-refractivity contribution in [2.45, 2.75) is 0 Å². The first kappa shape index (κ1) is 16.4. The van der Waals surface area contributed by atoms with E-state index in [1.54, 1.807) is 6.07 Å². The zero-order valence-corrected chi connectivity index (χ0v) is 13.7. The smallest absolute Gasteiger partial charge is 0.278 e. The van der Waals surface area contributed by atoms with Crippen molar-refractivity contribution in [3.63, 3.8) is 0 Å². The number of rotatable bonds is 6. The summed E-state index contributed by atoms with van der Waals surface area (Å²) in [6.45, 7) is 0.441. The molecule has 0 saturated heterocycles. The third-order valence-corrected chi connectivity index (χ3v) is 4.46. The summed E-state index contributed by atoms with van der Waals surface area (Å²) < 4.78 is 18.0. The molecule has 3 rings (SSSR count). The average molecular weight is 346 g/mol. The fraction of sp³-hybridized carbons (Fsp3) is 0.176. The van der Waals surface area contributed by atoms with Crippen LogP contribution in [0.25, 0.3) is 5.57 Å². The van der Waals surface area contributed by atoms with Crippen molar-refractivity contribution >= 4 is 34.4 Å². The first-order valence-corrected chi connectivity index (χ1v) is 8.15. The molecule has 1 aliphatic rings. The number of benzene rings is 1. The van der Waals surface area contributed by atoms with E-state index >= 15 is 0 Å². The molecule has 0 radical (unpaired) electrons. The number of halogens is 1. The topological polar surface area (TPSA) is 58.6 Å². The molecule has 0 unspecified atom stereocenters. The number of anilines is 1. The molecule has 124 valence electrons. The minimum Gasteiger partial charge on any atom is -0.383 e. The monoisotopic (exact) mass is 346 g/mol. The van der Waals surface area contributed by atoms with Gasteiger partial charge in [0.2, 0.25) is 0 Å². The zero-order chi connectivity index (χ0) is 17.1. The second-order valence-electron chi connectivity index (χ2n) is 5.11. The largest absolute Gasteiger partial charge is 0.383 e. The minimum atomic E-state index is -0.412. The van der Waals surface area contributed by atoms with E-state index in [1.807, 2.05) is 11.4 Å². The highest BCUT2D eigenvalue weighted by molar-refractivity contribution is 7.11. The molecule has 0 fully saturated rings. The number of nitrogens with zero attached hydrogens (tertiary/aromatic N) is 1. The summed E-state index contributed by atoms with van der Waals surface area (Å²) in [5.41, 5.74) is 1.07. The number of carbonyl (C=O) groups excluding carboxylic acids is 2. The van der Waals surface area contributed by atoms with E-state index in [-0.39, 0.29) is 30.6 Å². The van der Waals surface area contributed by atoms with E-state index in [9.17, 15) is 14.0 Å². The van der Waals surface area contributed by atoms with Gasteiger partial charge in [-0.15, -0.1) is 11.3 Å². The number of imide groups is 1. The molecule has 1 aliphatic heterocycles. The molecule has 0 aliphatic carbocycles. The Morgan fingerprint density at radius 1 is 1.17 bits per heavy atom. The molecule has 0 bridgehead atoms. The van der Waals surface area contributed by atoms with Crippen LogP contribution in [0.3, 0.4) is 0 Å². The fourth-order valence-corrected chi connectivity index (χ4v) is 3.17.